The lowest BCUT2D eigenvalue weighted by Crippen LogP contribution is -2.43. The molecule has 1 N–H and O–H groups in total. The van der Waals surface area contributed by atoms with Crippen LogP contribution in [0.15, 0.2) is 36.7 Å². The maximum Gasteiger partial charge on any atom is 0.236 e. The topological polar surface area (TPSA) is 63.2 Å². The minimum absolute atomic E-state index is 0.176. The SMILES string of the molecule is ClN1CCC(c2nccnc2O[C@H]2C[C@@H](Nc3nc4ccccc4s3)C2)CC1. The molecule has 5 rings (SSSR count). The van der Waals surface area contributed by atoms with Gasteiger partial charge in [-0.3, -0.25) is 4.98 Å². The van der Waals surface area contributed by atoms with Crippen LogP contribution in [-0.2, 0) is 0 Å². The lowest BCUT2D eigenvalue weighted by molar-refractivity contribution is 0.0995. The maximum absolute atomic E-state index is 6.21. The van der Waals surface area contributed by atoms with E-state index >= 15 is 0 Å². The van der Waals surface area contributed by atoms with Gasteiger partial charge in [0.2, 0.25) is 5.88 Å². The van der Waals surface area contributed by atoms with Crippen LogP contribution >= 0.6 is 23.1 Å². The fourth-order valence-corrected chi connectivity index (χ4v) is 5.01. The summed E-state index contributed by atoms with van der Waals surface area (Å²) in [7, 11) is 0. The Labute approximate surface area is 173 Å². The van der Waals surface area contributed by atoms with E-state index in [9.17, 15) is 0 Å². The number of halogens is 1. The number of thiazole rings is 1. The summed E-state index contributed by atoms with van der Waals surface area (Å²) in [6.45, 7) is 1.75. The molecule has 0 unspecified atom stereocenters. The third kappa shape index (κ3) is 3.79. The molecule has 1 aliphatic heterocycles. The largest absolute Gasteiger partial charge is 0.473 e. The van der Waals surface area contributed by atoms with Gasteiger partial charge in [-0.1, -0.05) is 23.5 Å². The Morgan fingerprint density at radius 1 is 1.11 bits per heavy atom. The van der Waals surface area contributed by atoms with Gasteiger partial charge in [0.15, 0.2) is 5.13 Å². The van der Waals surface area contributed by atoms with E-state index in [-0.39, 0.29) is 6.10 Å². The molecule has 2 fully saturated rings. The second-order valence-electron chi connectivity index (χ2n) is 7.47. The van der Waals surface area contributed by atoms with Crippen LogP contribution in [0.25, 0.3) is 10.2 Å². The summed E-state index contributed by atoms with van der Waals surface area (Å²) >= 11 is 7.79. The molecule has 6 nitrogen and oxygen atoms in total. The van der Waals surface area contributed by atoms with Crippen LogP contribution in [0.2, 0.25) is 0 Å². The number of nitrogens with one attached hydrogen (secondary N) is 1. The Bertz CT molecular complexity index is 919. The Kier molecular flexibility index (Phi) is 5.05. The number of para-hydroxylation sites is 1. The number of fused-ring (bicyclic) bond motifs is 1. The maximum atomic E-state index is 6.21. The summed E-state index contributed by atoms with van der Waals surface area (Å²) in [5, 5.41) is 4.52. The van der Waals surface area contributed by atoms with Gasteiger partial charge in [0.05, 0.1) is 10.2 Å². The third-order valence-corrected chi connectivity index (χ3v) is 6.82. The molecule has 0 bridgehead atoms. The van der Waals surface area contributed by atoms with Gasteiger partial charge in [-0.05, 0) is 36.8 Å². The molecular formula is C20H22ClN5OS. The number of rotatable bonds is 5. The van der Waals surface area contributed by atoms with Crippen LogP contribution in [0.4, 0.5) is 5.13 Å². The molecule has 3 aromatic rings. The summed E-state index contributed by atoms with van der Waals surface area (Å²) in [6, 6.07) is 8.62. The summed E-state index contributed by atoms with van der Waals surface area (Å²) in [4.78, 5) is 13.7. The van der Waals surface area contributed by atoms with Crippen LogP contribution in [0.3, 0.4) is 0 Å². The molecule has 2 aromatic heterocycles. The number of hydrogen-bond acceptors (Lipinski definition) is 7. The molecule has 0 radical (unpaired) electrons. The van der Waals surface area contributed by atoms with E-state index in [4.69, 9.17) is 16.5 Å². The summed E-state index contributed by atoms with van der Waals surface area (Å²) in [6.07, 6.45) is 7.53. The summed E-state index contributed by atoms with van der Waals surface area (Å²) in [5.41, 5.74) is 2.03. The molecule has 3 heterocycles. The highest BCUT2D eigenvalue weighted by atomic mass is 35.5. The number of benzene rings is 1. The minimum Gasteiger partial charge on any atom is -0.473 e. The van der Waals surface area contributed by atoms with Crippen molar-refractivity contribution in [1.29, 1.82) is 0 Å². The Morgan fingerprint density at radius 3 is 2.71 bits per heavy atom. The number of hydrogen-bond donors (Lipinski definition) is 1. The van der Waals surface area contributed by atoms with E-state index in [0.29, 0.717) is 17.8 Å². The Morgan fingerprint density at radius 2 is 1.89 bits per heavy atom. The molecule has 0 atom stereocenters. The van der Waals surface area contributed by atoms with Crippen molar-refractivity contribution in [3.63, 3.8) is 0 Å². The number of aromatic nitrogens is 3. The van der Waals surface area contributed by atoms with Crippen LogP contribution in [0, 0.1) is 0 Å². The van der Waals surface area contributed by atoms with Gasteiger partial charge in [-0.15, -0.1) is 0 Å². The van der Waals surface area contributed by atoms with Crippen molar-refractivity contribution in [2.75, 3.05) is 18.4 Å². The summed E-state index contributed by atoms with van der Waals surface area (Å²) < 4.78 is 9.27. The van der Waals surface area contributed by atoms with Crippen molar-refractivity contribution >= 4 is 38.5 Å². The average molecular weight is 416 g/mol. The fraction of sp³-hybridized carbons (Fsp3) is 0.450. The summed E-state index contributed by atoms with van der Waals surface area (Å²) in [5.74, 6) is 1.06. The molecular weight excluding hydrogens is 394 g/mol. The average Bonchev–Trinajstić information content (AvgIpc) is 3.10. The number of ether oxygens (including phenoxy) is 1. The lowest BCUT2D eigenvalue weighted by Gasteiger charge is -2.36. The fourth-order valence-electron chi connectivity index (χ4n) is 3.87. The van der Waals surface area contributed by atoms with Crippen molar-refractivity contribution in [3.8, 4) is 5.88 Å². The monoisotopic (exact) mass is 415 g/mol. The molecule has 1 saturated heterocycles. The highest BCUT2D eigenvalue weighted by molar-refractivity contribution is 7.22. The molecule has 1 aromatic carbocycles. The number of nitrogens with zero attached hydrogens (tertiary/aromatic N) is 4. The zero-order valence-corrected chi connectivity index (χ0v) is 17.0. The first-order valence-electron chi connectivity index (χ1n) is 9.75. The third-order valence-electron chi connectivity index (χ3n) is 5.51. The Hall–Kier alpha value is -1.96. The van der Waals surface area contributed by atoms with E-state index in [2.05, 4.69) is 26.3 Å². The number of anilines is 1. The van der Waals surface area contributed by atoms with Crippen LogP contribution < -0.4 is 10.1 Å². The first-order chi connectivity index (χ1) is 13.7. The van der Waals surface area contributed by atoms with Gasteiger partial charge in [0.25, 0.3) is 0 Å². The molecule has 28 heavy (non-hydrogen) atoms. The van der Waals surface area contributed by atoms with E-state index in [0.717, 1.165) is 55.1 Å². The van der Waals surface area contributed by atoms with Gasteiger partial charge in [0.1, 0.15) is 11.8 Å². The predicted octanol–water partition coefficient (Wildman–Crippen LogP) is 4.44. The zero-order chi connectivity index (χ0) is 18.9. The molecule has 0 spiro atoms. The first kappa shape index (κ1) is 18.1. The van der Waals surface area contributed by atoms with Gasteiger partial charge >= 0.3 is 0 Å². The highest BCUT2D eigenvalue weighted by Crippen LogP contribution is 2.35. The molecule has 1 aliphatic carbocycles. The van der Waals surface area contributed by atoms with Crippen LogP contribution in [-0.4, -0.2) is 44.6 Å². The van der Waals surface area contributed by atoms with Gasteiger partial charge in [-0.25, -0.2) is 14.4 Å². The van der Waals surface area contributed by atoms with Crippen molar-refractivity contribution < 1.29 is 4.74 Å². The molecule has 1 saturated carbocycles. The molecule has 2 aliphatic rings. The quantitative estimate of drug-likeness (QED) is 0.621. The van der Waals surface area contributed by atoms with Gasteiger partial charge in [0, 0.05) is 50.3 Å². The second kappa shape index (κ2) is 7.81. The van der Waals surface area contributed by atoms with E-state index < -0.39 is 0 Å². The van der Waals surface area contributed by atoms with E-state index in [1.165, 1.54) is 4.70 Å². The van der Waals surface area contributed by atoms with Crippen molar-refractivity contribution in [2.45, 2.75) is 43.7 Å². The molecule has 0 amide bonds. The van der Waals surface area contributed by atoms with Gasteiger partial charge in [-0.2, -0.15) is 0 Å². The lowest BCUT2D eigenvalue weighted by atomic mass is 9.89. The minimum atomic E-state index is 0.176. The number of piperidine rings is 1. The molecule has 146 valence electrons. The Balaban J connectivity index is 1.18. The van der Waals surface area contributed by atoms with Crippen molar-refractivity contribution in [2.24, 2.45) is 0 Å². The smallest absolute Gasteiger partial charge is 0.236 e. The highest BCUT2D eigenvalue weighted by Gasteiger charge is 2.33. The van der Waals surface area contributed by atoms with E-state index in [1.54, 1.807) is 23.7 Å². The van der Waals surface area contributed by atoms with Crippen LogP contribution in [0.1, 0.15) is 37.3 Å². The van der Waals surface area contributed by atoms with E-state index in [1.807, 2.05) is 22.6 Å². The van der Waals surface area contributed by atoms with Crippen molar-refractivity contribution in [3.05, 3.63) is 42.4 Å². The molecule has 8 heteroatoms. The normalized spacial score (nSPS) is 23.5. The van der Waals surface area contributed by atoms with Gasteiger partial charge < -0.3 is 10.1 Å². The zero-order valence-electron chi connectivity index (χ0n) is 15.4. The standard InChI is InChI=1S/C20H22ClN5OS/c21-26-9-5-13(6-10-26)18-19(23-8-7-22-18)27-15-11-14(12-15)24-20-25-16-3-1-2-4-17(16)28-20/h1-4,7-8,13-15H,5-6,9-12H2,(H,24,25)/t14-,15+. The first-order valence-corrected chi connectivity index (χ1v) is 10.9. The second-order valence-corrected chi connectivity index (χ2v) is 8.98. The predicted molar refractivity (Wildman–Crippen MR) is 112 cm³/mol. The van der Waals surface area contributed by atoms with Crippen molar-refractivity contribution in [1.82, 2.24) is 19.4 Å². The van der Waals surface area contributed by atoms with Crippen LogP contribution in [0.5, 0.6) is 5.88 Å².